The van der Waals surface area contributed by atoms with Crippen LogP contribution in [0.2, 0.25) is 13.1 Å². The van der Waals surface area contributed by atoms with Crippen molar-refractivity contribution in [2.24, 2.45) is 0 Å². The van der Waals surface area contributed by atoms with E-state index < -0.39 is 0 Å². The summed E-state index contributed by atoms with van der Waals surface area (Å²) in [6.07, 6.45) is 0. The van der Waals surface area contributed by atoms with Crippen molar-refractivity contribution in [2.45, 2.75) is 52.6 Å². The maximum Gasteiger partial charge on any atom is 0.0213 e. The van der Waals surface area contributed by atoms with Gasteiger partial charge in [-0.15, -0.1) is 12.4 Å². The van der Waals surface area contributed by atoms with Crippen LogP contribution in [0.3, 0.4) is 0 Å². The average molecular weight is 399 g/mol. The fourth-order valence-electron chi connectivity index (χ4n) is 1.55. The minimum Gasteiger partial charge on any atom is -0.210 e. The van der Waals surface area contributed by atoms with Gasteiger partial charge in [0.1, 0.15) is 0 Å². The van der Waals surface area contributed by atoms with Crippen LogP contribution in [0.5, 0.6) is 0 Å². The Morgan fingerprint density at radius 2 is 1.10 bits per heavy atom. The third kappa shape index (κ3) is 13.7. The van der Waals surface area contributed by atoms with Crippen LogP contribution < -0.4 is 0 Å². The van der Waals surface area contributed by atoms with Crippen LogP contribution >= 0.6 is 12.4 Å². The first-order valence-electron chi connectivity index (χ1n) is 7.20. The molecule has 0 amide bonds. The molecule has 0 fully saturated rings. The predicted molar refractivity (Wildman–Crippen MR) is 98.4 cm³/mol. The van der Waals surface area contributed by atoms with E-state index in [1.54, 1.807) is 0 Å². The first kappa shape index (κ1) is 26.2. The van der Waals surface area contributed by atoms with Crippen molar-refractivity contribution in [3.05, 3.63) is 59.7 Å². The zero-order valence-electron chi connectivity index (χ0n) is 14.3. The van der Waals surface area contributed by atoms with Gasteiger partial charge < -0.3 is 0 Å². The molecule has 0 aromatic heterocycles. The summed E-state index contributed by atoms with van der Waals surface area (Å²) in [6, 6.07) is 16.9. The van der Waals surface area contributed by atoms with Gasteiger partial charge in [-0.3, -0.25) is 0 Å². The Labute approximate surface area is 166 Å². The molecule has 118 valence electrons. The van der Waals surface area contributed by atoms with Crippen LogP contribution in [-0.2, 0) is 32.7 Å². The van der Waals surface area contributed by atoms with Gasteiger partial charge in [-0.1, -0.05) is 52.6 Å². The number of rotatable bonds is 2. The molecule has 0 aliphatic rings. The molecule has 2 aromatic rings. The average Bonchev–Trinajstić information content (AvgIpc) is 3.05. The first-order valence-corrected chi connectivity index (χ1v) is 9.51. The van der Waals surface area contributed by atoms with Crippen LogP contribution in [0, 0.1) is 0 Å². The number of hydrogen-bond acceptors (Lipinski definition) is 0. The van der Waals surface area contributed by atoms with Gasteiger partial charge in [0.15, 0.2) is 0 Å². The minimum atomic E-state index is 0. The third-order valence-electron chi connectivity index (χ3n) is 2.71. The summed E-state index contributed by atoms with van der Waals surface area (Å²) in [4.78, 5) is 0. The van der Waals surface area contributed by atoms with E-state index in [1.807, 2.05) is 0 Å². The number of halogens is 1. The molecular formula is C18H30ClSiY-2. The molecule has 0 aliphatic heterocycles. The largest absolute Gasteiger partial charge is 0.210 e. The smallest absolute Gasteiger partial charge is 0.0213 e. The SMILES string of the molecule is CC(C)c1cc[cH-]c1.CC(C)c1cc[cH-]c1.C[SiH]C.Cl.[Y]. The van der Waals surface area contributed by atoms with Gasteiger partial charge >= 0.3 is 0 Å². The molecule has 0 N–H and O–H groups in total. The van der Waals surface area contributed by atoms with Crippen LogP contribution in [0.15, 0.2) is 48.5 Å². The fourth-order valence-corrected chi connectivity index (χ4v) is 1.55. The molecule has 0 nitrogen and oxygen atoms in total. The van der Waals surface area contributed by atoms with Crippen molar-refractivity contribution in [3.8, 4) is 0 Å². The molecule has 0 aliphatic carbocycles. The molecule has 0 heterocycles. The molecule has 21 heavy (non-hydrogen) atoms. The summed E-state index contributed by atoms with van der Waals surface area (Å²) >= 11 is 0. The van der Waals surface area contributed by atoms with E-state index in [4.69, 9.17) is 0 Å². The monoisotopic (exact) mass is 398 g/mol. The fraction of sp³-hybridized carbons (Fsp3) is 0.444. The van der Waals surface area contributed by atoms with E-state index in [2.05, 4.69) is 89.3 Å². The van der Waals surface area contributed by atoms with Crippen molar-refractivity contribution in [2.75, 3.05) is 0 Å². The molecule has 2 rings (SSSR count). The van der Waals surface area contributed by atoms with Crippen molar-refractivity contribution in [3.63, 3.8) is 0 Å². The molecule has 0 saturated carbocycles. The maximum atomic E-state index is 2.21. The van der Waals surface area contributed by atoms with E-state index in [1.165, 1.54) is 11.1 Å². The van der Waals surface area contributed by atoms with Crippen LogP contribution in [0.4, 0.5) is 0 Å². The molecule has 3 heteroatoms. The molecule has 0 bridgehead atoms. The summed E-state index contributed by atoms with van der Waals surface area (Å²) in [5.41, 5.74) is 2.87. The summed E-state index contributed by atoms with van der Waals surface area (Å²) in [5, 5.41) is 0. The molecular weight excluding hydrogens is 369 g/mol. The van der Waals surface area contributed by atoms with Crippen LogP contribution in [0.1, 0.15) is 50.7 Å². The molecule has 0 saturated heterocycles. The summed E-state index contributed by atoms with van der Waals surface area (Å²) < 4.78 is 0. The Bertz CT molecular complexity index is 339. The van der Waals surface area contributed by atoms with Crippen molar-refractivity contribution in [1.29, 1.82) is 0 Å². The molecule has 2 radical (unpaired) electrons. The second-order valence-corrected chi connectivity index (χ2v) is 6.48. The van der Waals surface area contributed by atoms with Crippen molar-refractivity contribution >= 4 is 21.9 Å². The van der Waals surface area contributed by atoms with Crippen LogP contribution in [0.25, 0.3) is 0 Å². The summed E-state index contributed by atoms with van der Waals surface area (Å²) in [5.74, 6) is 1.37. The first-order chi connectivity index (χ1) is 9.02. The van der Waals surface area contributed by atoms with E-state index in [0.717, 1.165) is 9.52 Å². The van der Waals surface area contributed by atoms with E-state index in [-0.39, 0.29) is 45.1 Å². The maximum absolute atomic E-state index is 2.21. The zero-order valence-corrected chi connectivity index (χ0v) is 19.1. The second-order valence-electron chi connectivity index (χ2n) is 5.32. The van der Waals surface area contributed by atoms with Gasteiger partial charge in [-0.25, -0.2) is 12.1 Å². The van der Waals surface area contributed by atoms with Gasteiger partial charge in [0.2, 0.25) is 0 Å². The van der Waals surface area contributed by atoms with Gasteiger partial charge in [-0.05, 0) is 0 Å². The summed E-state index contributed by atoms with van der Waals surface area (Å²) in [7, 11) is 0.750. The molecule has 0 unspecified atom stereocenters. The van der Waals surface area contributed by atoms with Gasteiger partial charge in [0.25, 0.3) is 0 Å². The normalized spacial score (nSPS) is 8.76. The Balaban J connectivity index is -0.000000242. The van der Waals surface area contributed by atoms with Crippen LogP contribution in [-0.4, -0.2) is 9.52 Å². The van der Waals surface area contributed by atoms with Gasteiger partial charge in [0.05, 0.1) is 0 Å². The third-order valence-corrected chi connectivity index (χ3v) is 2.71. The predicted octanol–water partition coefficient (Wildman–Crippen LogP) is 6.00. The number of hydrogen-bond donors (Lipinski definition) is 0. The Morgan fingerprint density at radius 1 is 0.810 bits per heavy atom. The Hall–Kier alpha value is 0.311. The van der Waals surface area contributed by atoms with Crippen molar-refractivity contribution < 1.29 is 32.7 Å². The van der Waals surface area contributed by atoms with Gasteiger partial charge in [0, 0.05) is 42.2 Å². The molecule has 2 aromatic carbocycles. The molecule has 0 spiro atoms. The molecule has 0 atom stereocenters. The minimum absolute atomic E-state index is 0. The van der Waals surface area contributed by atoms with Gasteiger partial charge in [-0.2, -0.15) is 47.5 Å². The second kappa shape index (κ2) is 16.7. The quantitative estimate of drug-likeness (QED) is 0.430. The Kier molecular flexibility index (Phi) is 20.8. The van der Waals surface area contributed by atoms with E-state index >= 15 is 0 Å². The summed E-state index contributed by atoms with van der Waals surface area (Å²) in [6.45, 7) is 13.2. The Morgan fingerprint density at radius 3 is 1.19 bits per heavy atom. The van der Waals surface area contributed by atoms with Crippen molar-refractivity contribution in [1.82, 2.24) is 0 Å². The standard InChI is InChI=1S/2C8H11.C2H7Si.ClH.Y/c2*1-7(2)8-5-3-4-6-8;1-3-2;;/h2*3-7H,1-2H3;3H,1-2H3;1H;/q2*-1;;;. The topological polar surface area (TPSA) is 0 Å². The zero-order chi connectivity index (χ0) is 14.7. The van der Waals surface area contributed by atoms with E-state index in [0.29, 0.717) is 11.8 Å². The van der Waals surface area contributed by atoms with E-state index in [9.17, 15) is 0 Å².